The SMILES string of the molecule is COCCOCC(=O)NCCC1CCCN1. The van der Waals surface area contributed by atoms with Gasteiger partial charge < -0.3 is 20.1 Å². The van der Waals surface area contributed by atoms with Gasteiger partial charge in [-0.3, -0.25) is 4.79 Å². The molecule has 0 radical (unpaired) electrons. The van der Waals surface area contributed by atoms with Crippen molar-refractivity contribution in [3.63, 3.8) is 0 Å². The quantitative estimate of drug-likeness (QED) is 0.572. The van der Waals surface area contributed by atoms with E-state index in [1.807, 2.05) is 0 Å². The molecule has 16 heavy (non-hydrogen) atoms. The van der Waals surface area contributed by atoms with Crippen molar-refractivity contribution >= 4 is 5.91 Å². The van der Waals surface area contributed by atoms with Crippen LogP contribution in [0.25, 0.3) is 0 Å². The Kier molecular flexibility index (Phi) is 7.12. The molecule has 1 rings (SSSR count). The molecule has 0 saturated carbocycles. The number of carbonyl (C=O) groups is 1. The fraction of sp³-hybridized carbons (Fsp3) is 0.909. The lowest BCUT2D eigenvalue weighted by atomic mass is 10.1. The minimum atomic E-state index is -0.0471. The van der Waals surface area contributed by atoms with E-state index in [1.54, 1.807) is 7.11 Å². The first-order chi connectivity index (χ1) is 7.83. The van der Waals surface area contributed by atoms with Crippen molar-refractivity contribution in [2.45, 2.75) is 25.3 Å². The van der Waals surface area contributed by atoms with Crippen LogP contribution in [0.15, 0.2) is 0 Å². The lowest BCUT2D eigenvalue weighted by Gasteiger charge is -2.10. The van der Waals surface area contributed by atoms with Crippen molar-refractivity contribution in [3.8, 4) is 0 Å². The molecule has 5 heteroatoms. The Morgan fingerprint density at radius 2 is 2.38 bits per heavy atom. The van der Waals surface area contributed by atoms with E-state index in [4.69, 9.17) is 9.47 Å². The molecule has 2 N–H and O–H groups in total. The van der Waals surface area contributed by atoms with Crippen LogP contribution < -0.4 is 10.6 Å². The highest BCUT2D eigenvalue weighted by molar-refractivity contribution is 5.77. The molecule has 0 bridgehead atoms. The second kappa shape index (κ2) is 8.50. The number of hydrogen-bond donors (Lipinski definition) is 2. The third kappa shape index (κ3) is 6.05. The summed E-state index contributed by atoms with van der Waals surface area (Å²) in [7, 11) is 1.61. The van der Waals surface area contributed by atoms with Crippen LogP contribution in [0.2, 0.25) is 0 Å². The van der Waals surface area contributed by atoms with Crippen molar-refractivity contribution in [1.82, 2.24) is 10.6 Å². The van der Waals surface area contributed by atoms with Gasteiger partial charge in [-0.05, 0) is 25.8 Å². The van der Waals surface area contributed by atoms with Crippen LogP contribution in [0.5, 0.6) is 0 Å². The van der Waals surface area contributed by atoms with Crippen LogP contribution in [-0.2, 0) is 14.3 Å². The van der Waals surface area contributed by atoms with E-state index in [-0.39, 0.29) is 12.5 Å². The van der Waals surface area contributed by atoms with Gasteiger partial charge in [0, 0.05) is 19.7 Å². The van der Waals surface area contributed by atoms with Gasteiger partial charge in [-0.2, -0.15) is 0 Å². The third-order valence-corrected chi connectivity index (χ3v) is 2.64. The van der Waals surface area contributed by atoms with Gasteiger partial charge in [0.25, 0.3) is 0 Å². The van der Waals surface area contributed by atoms with Crippen LogP contribution in [0.1, 0.15) is 19.3 Å². The number of methoxy groups -OCH3 is 1. The van der Waals surface area contributed by atoms with Crippen molar-refractivity contribution in [2.75, 3.05) is 40.0 Å². The molecule has 0 aromatic carbocycles. The Morgan fingerprint density at radius 1 is 1.50 bits per heavy atom. The van der Waals surface area contributed by atoms with Crippen LogP contribution in [0.4, 0.5) is 0 Å². The smallest absolute Gasteiger partial charge is 0.246 e. The number of rotatable bonds is 8. The highest BCUT2D eigenvalue weighted by Crippen LogP contribution is 2.07. The number of ether oxygens (including phenoxy) is 2. The molecule has 0 aliphatic carbocycles. The zero-order valence-electron chi connectivity index (χ0n) is 9.96. The predicted molar refractivity (Wildman–Crippen MR) is 61.3 cm³/mol. The molecular formula is C11H22N2O3. The molecule has 0 aromatic heterocycles. The van der Waals surface area contributed by atoms with Gasteiger partial charge in [-0.1, -0.05) is 0 Å². The summed E-state index contributed by atoms with van der Waals surface area (Å²) < 4.78 is 9.91. The maximum absolute atomic E-state index is 11.3. The lowest BCUT2D eigenvalue weighted by molar-refractivity contribution is -0.126. The zero-order valence-corrected chi connectivity index (χ0v) is 9.96. The van der Waals surface area contributed by atoms with Gasteiger partial charge >= 0.3 is 0 Å². The van der Waals surface area contributed by atoms with Crippen LogP contribution >= 0.6 is 0 Å². The van der Waals surface area contributed by atoms with E-state index in [0.717, 1.165) is 19.5 Å². The van der Waals surface area contributed by atoms with Gasteiger partial charge in [0.15, 0.2) is 0 Å². The second-order valence-electron chi connectivity index (χ2n) is 3.98. The Hall–Kier alpha value is -0.650. The lowest BCUT2D eigenvalue weighted by Crippen LogP contribution is -2.32. The summed E-state index contributed by atoms with van der Waals surface area (Å²) in [6.07, 6.45) is 3.47. The molecule has 1 heterocycles. The monoisotopic (exact) mass is 230 g/mol. The highest BCUT2D eigenvalue weighted by Gasteiger charge is 2.13. The topological polar surface area (TPSA) is 59.6 Å². The molecule has 1 aliphatic heterocycles. The van der Waals surface area contributed by atoms with E-state index in [0.29, 0.717) is 19.3 Å². The average molecular weight is 230 g/mol. The first kappa shape index (κ1) is 13.4. The zero-order chi connectivity index (χ0) is 11.6. The minimum absolute atomic E-state index is 0.0471. The molecule has 1 atom stereocenters. The van der Waals surface area contributed by atoms with Crippen LogP contribution in [0, 0.1) is 0 Å². The molecule has 5 nitrogen and oxygen atoms in total. The molecule has 1 fully saturated rings. The standard InChI is InChI=1S/C11H22N2O3/c1-15-7-8-16-9-11(14)13-6-4-10-3-2-5-12-10/h10,12H,2-9H2,1H3,(H,13,14). The molecule has 1 aliphatic rings. The normalized spacial score (nSPS) is 19.9. The summed E-state index contributed by atoms with van der Waals surface area (Å²) in [5.41, 5.74) is 0. The number of carbonyl (C=O) groups excluding carboxylic acids is 1. The largest absolute Gasteiger partial charge is 0.382 e. The Morgan fingerprint density at radius 3 is 3.06 bits per heavy atom. The van der Waals surface area contributed by atoms with E-state index in [1.165, 1.54) is 12.8 Å². The summed E-state index contributed by atoms with van der Waals surface area (Å²) in [4.78, 5) is 11.3. The Bertz CT molecular complexity index is 194. The summed E-state index contributed by atoms with van der Waals surface area (Å²) in [6, 6.07) is 0.578. The van der Waals surface area contributed by atoms with E-state index < -0.39 is 0 Å². The molecule has 1 saturated heterocycles. The van der Waals surface area contributed by atoms with Crippen molar-refractivity contribution < 1.29 is 14.3 Å². The van der Waals surface area contributed by atoms with E-state index in [2.05, 4.69) is 10.6 Å². The summed E-state index contributed by atoms with van der Waals surface area (Å²) in [5.74, 6) is -0.0471. The summed E-state index contributed by atoms with van der Waals surface area (Å²) in [5, 5.41) is 6.23. The molecule has 0 aromatic rings. The van der Waals surface area contributed by atoms with Gasteiger partial charge in [-0.15, -0.1) is 0 Å². The average Bonchev–Trinajstić information content (AvgIpc) is 2.77. The van der Waals surface area contributed by atoms with Gasteiger partial charge in [0.2, 0.25) is 5.91 Å². The number of nitrogens with one attached hydrogen (secondary N) is 2. The fourth-order valence-electron chi connectivity index (χ4n) is 1.75. The summed E-state index contributed by atoms with van der Waals surface area (Å²) >= 11 is 0. The van der Waals surface area contributed by atoms with Crippen LogP contribution in [0.3, 0.4) is 0 Å². The molecule has 0 spiro atoms. The van der Waals surface area contributed by atoms with Gasteiger partial charge in [-0.25, -0.2) is 0 Å². The van der Waals surface area contributed by atoms with Crippen molar-refractivity contribution in [3.05, 3.63) is 0 Å². The maximum Gasteiger partial charge on any atom is 0.246 e. The van der Waals surface area contributed by atoms with Gasteiger partial charge in [0.1, 0.15) is 6.61 Å². The van der Waals surface area contributed by atoms with Crippen LogP contribution in [-0.4, -0.2) is 52.0 Å². The van der Waals surface area contributed by atoms with Crippen molar-refractivity contribution in [1.29, 1.82) is 0 Å². The number of amides is 1. The van der Waals surface area contributed by atoms with Gasteiger partial charge in [0.05, 0.1) is 13.2 Å². The van der Waals surface area contributed by atoms with Crippen molar-refractivity contribution in [2.24, 2.45) is 0 Å². The maximum atomic E-state index is 11.3. The Balaban J connectivity index is 1.89. The predicted octanol–water partition coefficient (Wildman–Crippen LogP) is -0.0923. The Labute approximate surface area is 96.9 Å². The van der Waals surface area contributed by atoms with E-state index in [9.17, 15) is 4.79 Å². The first-order valence-electron chi connectivity index (χ1n) is 5.89. The number of hydrogen-bond acceptors (Lipinski definition) is 4. The fourth-order valence-corrected chi connectivity index (χ4v) is 1.75. The molecule has 1 amide bonds. The second-order valence-corrected chi connectivity index (χ2v) is 3.98. The molecule has 1 unspecified atom stereocenters. The molecule has 94 valence electrons. The molecular weight excluding hydrogens is 208 g/mol. The van der Waals surface area contributed by atoms with E-state index >= 15 is 0 Å². The highest BCUT2D eigenvalue weighted by atomic mass is 16.5. The summed E-state index contributed by atoms with van der Waals surface area (Å²) in [6.45, 7) is 2.96. The third-order valence-electron chi connectivity index (χ3n) is 2.64. The minimum Gasteiger partial charge on any atom is -0.382 e. The first-order valence-corrected chi connectivity index (χ1v) is 5.89.